The SMILES string of the molecule is Cc1cccc(OCCSCc2cc(=O)n3cc(Br)ccc3n2)c1. The minimum absolute atomic E-state index is 0.0621. The molecule has 0 fully saturated rings. The number of aryl methyl sites for hydroxylation is 1. The van der Waals surface area contributed by atoms with Gasteiger partial charge >= 0.3 is 0 Å². The van der Waals surface area contributed by atoms with Crippen molar-refractivity contribution in [1.29, 1.82) is 0 Å². The average molecular weight is 405 g/mol. The lowest BCUT2D eigenvalue weighted by Gasteiger charge is -2.07. The highest BCUT2D eigenvalue weighted by molar-refractivity contribution is 9.10. The third-order valence-electron chi connectivity index (χ3n) is 3.41. The van der Waals surface area contributed by atoms with Gasteiger partial charge in [-0.1, -0.05) is 12.1 Å². The molecule has 0 N–H and O–H groups in total. The number of hydrogen-bond donors (Lipinski definition) is 0. The first-order valence-corrected chi connectivity index (χ1v) is 9.52. The predicted octanol–water partition coefficient (Wildman–Crippen LogP) is 4.08. The number of thioether (sulfide) groups is 1. The van der Waals surface area contributed by atoms with E-state index in [-0.39, 0.29) is 5.56 Å². The standard InChI is InChI=1S/C18H17BrN2O2S/c1-13-3-2-4-16(9-13)23-7-8-24-12-15-10-18(22)21-11-14(19)5-6-17(21)20-15/h2-6,9-11H,7-8,12H2,1H3. The fourth-order valence-corrected chi connectivity index (χ4v) is 3.34. The Labute approximate surface area is 153 Å². The summed E-state index contributed by atoms with van der Waals surface area (Å²) in [6, 6.07) is 13.3. The number of nitrogens with zero attached hydrogens (tertiary/aromatic N) is 2. The molecule has 4 nitrogen and oxygen atoms in total. The van der Waals surface area contributed by atoms with Crippen LogP contribution in [0.1, 0.15) is 11.3 Å². The number of halogens is 1. The van der Waals surface area contributed by atoms with Gasteiger partial charge in [-0.05, 0) is 52.7 Å². The van der Waals surface area contributed by atoms with Crippen molar-refractivity contribution in [2.45, 2.75) is 12.7 Å². The summed E-state index contributed by atoms with van der Waals surface area (Å²) in [6.45, 7) is 2.68. The molecule has 2 aromatic heterocycles. The average Bonchev–Trinajstić information content (AvgIpc) is 2.55. The van der Waals surface area contributed by atoms with Gasteiger partial charge < -0.3 is 4.74 Å². The van der Waals surface area contributed by atoms with Gasteiger partial charge in [0.2, 0.25) is 0 Å². The molecule has 0 aliphatic heterocycles. The molecule has 0 saturated heterocycles. The summed E-state index contributed by atoms with van der Waals surface area (Å²) < 4.78 is 8.12. The van der Waals surface area contributed by atoms with E-state index < -0.39 is 0 Å². The molecule has 0 saturated carbocycles. The van der Waals surface area contributed by atoms with Crippen LogP contribution in [0.2, 0.25) is 0 Å². The number of ether oxygens (including phenoxy) is 1. The lowest BCUT2D eigenvalue weighted by molar-refractivity contribution is 0.343. The molecule has 0 radical (unpaired) electrons. The topological polar surface area (TPSA) is 43.6 Å². The van der Waals surface area contributed by atoms with Crippen LogP contribution in [0.4, 0.5) is 0 Å². The summed E-state index contributed by atoms with van der Waals surface area (Å²) in [7, 11) is 0. The molecule has 0 atom stereocenters. The molecule has 1 aromatic carbocycles. The summed E-state index contributed by atoms with van der Waals surface area (Å²) in [5.41, 5.74) is 2.58. The number of benzene rings is 1. The lowest BCUT2D eigenvalue weighted by Crippen LogP contribution is -2.15. The first kappa shape index (κ1) is 17.0. The Hall–Kier alpha value is -1.79. The van der Waals surface area contributed by atoms with Crippen LogP contribution in [0, 0.1) is 6.92 Å². The van der Waals surface area contributed by atoms with Crippen LogP contribution in [0.25, 0.3) is 5.65 Å². The van der Waals surface area contributed by atoms with Crippen LogP contribution in [-0.2, 0) is 5.75 Å². The zero-order valence-corrected chi connectivity index (χ0v) is 15.6. The van der Waals surface area contributed by atoms with E-state index in [1.807, 2.05) is 43.3 Å². The molecule has 0 aliphatic carbocycles. The quantitative estimate of drug-likeness (QED) is 0.580. The molecule has 0 amide bonds. The van der Waals surface area contributed by atoms with Crippen LogP contribution in [0.3, 0.4) is 0 Å². The van der Waals surface area contributed by atoms with Gasteiger partial charge in [0.25, 0.3) is 5.56 Å². The van der Waals surface area contributed by atoms with Gasteiger partial charge in [0, 0.05) is 28.2 Å². The van der Waals surface area contributed by atoms with Crippen LogP contribution in [0.15, 0.2) is 57.9 Å². The van der Waals surface area contributed by atoms with E-state index in [0.29, 0.717) is 18.0 Å². The van der Waals surface area contributed by atoms with Crippen molar-refractivity contribution < 1.29 is 4.74 Å². The van der Waals surface area contributed by atoms with Gasteiger partial charge in [0.1, 0.15) is 11.4 Å². The van der Waals surface area contributed by atoms with E-state index in [1.165, 1.54) is 5.56 Å². The summed E-state index contributed by atoms with van der Waals surface area (Å²) in [4.78, 5) is 16.7. The van der Waals surface area contributed by atoms with Crippen molar-refractivity contribution in [1.82, 2.24) is 9.38 Å². The van der Waals surface area contributed by atoms with Crippen molar-refractivity contribution in [3.63, 3.8) is 0 Å². The van der Waals surface area contributed by atoms with Gasteiger partial charge in [0.15, 0.2) is 0 Å². The molecule has 0 bridgehead atoms. The third-order valence-corrected chi connectivity index (χ3v) is 4.84. The van der Waals surface area contributed by atoms with Crippen molar-refractivity contribution >= 4 is 33.3 Å². The number of rotatable bonds is 6. The van der Waals surface area contributed by atoms with Gasteiger partial charge in [-0.3, -0.25) is 9.20 Å². The summed E-state index contributed by atoms with van der Waals surface area (Å²) in [6.07, 6.45) is 1.73. The number of aromatic nitrogens is 2. The highest BCUT2D eigenvalue weighted by atomic mass is 79.9. The van der Waals surface area contributed by atoms with Gasteiger partial charge in [-0.25, -0.2) is 4.98 Å². The van der Waals surface area contributed by atoms with Crippen LogP contribution < -0.4 is 10.3 Å². The van der Waals surface area contributed by atoms with Crippen molar-refractivity contribution in [3.8, 4) is 5.75 Å². The zero-order valence-electron chi connectivity index (χ0n) is 13.2. The first-order valence-electron chi connectivity index (χ1n) is 7.57. The molecule has 3 rings (SSSR count). The minimum atomic E-state index is -0.0621. The van der Waals surface area contributed by atoms with E-state index >= 15 is 0 Å². The molecule has 6 heteroatoms. The molecule has 24 heavy (non-hydrogen) atoms. The minimum Gasteiger partial charge on any atom is -0.493 e. The summed E-state index contributed by atoms with van der Waals surface area (Å²) in [5, 5.41) is 0. The summed E-state index contributed by atoms with van der Waals surface area (Å²) >= 11 is 5.07. The Kier molecular flexibility index (Phi) is 5.58. The smallest absolute Gasteiger partial charge is 0.258 e. The first-order chi connectivity index (χ1) is 11.6. The molecule has 2 heterocycles. The number of fused-ring (bicyclic) bond motifs is 1. The number of pyridine rings is 1. The Bertz CT molecular complexity index is 911. The van der Waals surface area contributed by atoms with Crippen LogP contribution >= 0.6 is 27.7 Å². The second-order valence-corrected chi connectivity index (χ2v) is 7.40. The molecular formula is C18H17BrN2O2S. The molecule has 124 valence electrons. The maximum atomic E-state index is 12.1. The Balaban J connectivity index is 1.54. The van der Waals surface area contributed by atoms with Crippen molar-refractivity contribution in [3.05, 3.63) is 74.7 Å². The second-order valence-electron chi connectivity index (χ2n) is 5.38. The molecule has 0 aliphatic rings. The van der Waals surface area contributed by atoms with E-state index in [2.05, 4.69) is 20.9 Å². The predicted molar refractivity (Wildman–Crippen MR) is 102 cm³/mol. The molecular weight excluding hydrogens is 388 g/mol. The monoisotopic (exact) mass is 404 g/mol. The molecule has 3 aromatic rings. The van der Waals surface area contributed by atoms with Crippen LogP contribution in [-0.4, -0.2) is 21.7 Å². The van der Waals surface area contributed by atoms with E-state index in [0.717, 1.165) is 21.7 Å². The highest BCUT2D eigenvalue weighted by Crippen LogP contribution is 2.15. The van der Waals surface area contributed by atoms with Gasteiger partial charge in [0.05, 0.1) is 12.3 Å². The van der Waals surface area contributed by atoms with Gasteiger partial charge in [-0.15, -0.1) is 0 Å². The second kappa shape index (κ2) is 7.85. The fraction of sp³-hybridized carbons (Fsp3) is 0.222. The molecule has 0 spiro atoms. The third kappa shape index (κ3) is 4.39. The maximum Gasteiger partial charge on any atom is 0.258 e. The maximum absolute atomic E-state index is 12.1. The van der Waals surface area contributed by atoms with Crippen LogP contribution in [0.5, 0.6) is 5.75 Å². The van der Waals surface area contributed by atoms with E-state index in [4.69, 9.17) is 4.74 Å². The zero-order chi connectivity index (χ0) is 16.9. The largest absolute Gasteiger partial charge is 0.493 e. The van der Waals surface area contributed by atoms with Crippen molar-refractivity contribution in [2.24, 2.45) is 0 Å². The van der Waals surface area contributed by atoms with Gasteiger partial charge in [-0.2, -0.15) is 11.8 Å². The van der Waals surface area contributed by atoms with E-state index in [1.54, 1.807) is 28.4 Å². The highest BCUT2D eigenvalue weighted by Gasteiger charge is 2.03. The molecule has 0 unspecified atom stereocenters. The Morgan fingerprint density at radius 2 is 2.12 bits per heavy atom. The normalized spacial score (nSPS) is 10.9. The number of hydrogen-bond acceptors (Lipinski definition) is 4. The summed E-state index contributed by atoms with van der Waals surface area (Å²) in [5.74, 6) is 2.43. The fourth-order valence-electron chi connectivity index (χ4n) is 2.30. The van der Waals surface area contributed by atoms with Crippen molar-refractivity contribution in [2.75, 3.05) is 12.4 Å². The van der Waals surface area contributed by atoms with E-state index in [9.17, 15) is 4.79 Å². The Morgan fingerprint density at radius 1 is 1.25 bits per heavy atom. The Morgan fingerprint density at radius 3 is 2.96 bits per heavy atom. The lowest BCUT2D eigenvalue weighted by atomic mass is 10.2.